The van der Waals surface area contributed by atoms with Gasteiger partial charge in [0.05, 0.1) is 13.1 Å². The topological polar surface area (TPSA) is 42.9 Å². The van der Waals surface area contributed by atoms with Gasteiger partial charge in [-0.05, 0) is 24.8 Å². The third-order valence-corrected chi connectivity index (χ3v) is 5.15. The zero-order chi connectivity index (χ0) is 17.8. The van der Waals surface area contributed by atoms with Crippen LogP contribution in [0, 0.1) is 0 Å². The Balaban J connectivity index is 1.74. The average molecular weight is 345 g/mol. The number of hydrogen-bond donors (Lipinski definition) is 1. The van der Waals surface area contributed by atoms with E-state index in [9.17, 15) is 4.79 Å². The Bertz CT molecular complexity index is 506. The summed E-state index contributed by atoms with van der Waals surface area (Å²) in [6.45, 7) is 5.79. The second kappa shape index (κ2) is 11.1. The summed E-state index contributed by atoms with van der Waals surface area (Å²) in [7, 11) is 0. The number of carbonyl (C=O) groups excluding carboxylic acids is 1. The molecule has 0 aliphatic carbocycles. The lowest BCUT2D eigenvalue weighted by Gasteiger charge is -2.36. The maximum Gasteiger partial charge on any atom is 0.306 e. The molecule has 25 heavy (non-hydrogen) atoms. The van der Waals surface area contributed by atoms with Crippen LogP contribution in [-0.4, -0.2) is 19.1 Å². The summed E-state index contributed by atoms with van der Waals surface area (Å²) >= 11 is 0. The van der Waals surface area contributed by atoms with E-state index in [1.165, 1.54) is 25.7 Å². The van der Waals surface area contributed by atoms with Crippen molar-refractivity contribution in [3.8, 4) is 0 Å². The summed E-state index contributed by atoms with van der Waals surface area (Å²) in [5.41, 5.74) is 0.747. The maximum absolute atomic E-state index is 12.4. The normalized spacial score (nSPS) is 16.3. The molecule has 1 aromatic rings. The average Bonchev–Trinajstić information content (AvgIpc) is 2.65. The first kappa shape index (κ1) is 19.7. The number of piperidine rings is 1. The fourth-order valence-electron chi connectivity index (χ4n) is 3.67. The van der Waals surface area contributed by atoms with Crippen molar-refractivity contribution in [1.82, 2.24) is 0 Å². The molecule has 3 nitrogen and oxygen atoms in total. The molecule has 2 N–H and O–H groups in total. The summed E-state index contributed by atoms with van der Waals surface area (Å²) in [4.78, 5) is 12.4. The molecule has 0 spiro atoms. The van der Waals surface area contributed by atoms with Gasteiger partial charge in [0.2, 0.25) is 0 Å². The second-order valence-corrected chi connectivity index (χ2v) is 7.15. The van der Waals surface area contributed by atoms with Gasteiger partial charge in [0.25, 0.3) is 0 Å². The molecule has 0 amide bonds. The van der Waals surface area contributed by atoms with Gasteiger partial charge in [-0.3, -0.25) is 4.79 Å². The van der Waals surface area contributed by atoms with Crippen molar-refractivity contribution in [2.24, 2.45) is 0 Å². The van der Waals surface area contributed by atoms with Gasteiger partial charge < -0.3 is 10.1 Å². The minimum atomic E-state index is -0.405. The zero-order valence-electron chi connectivity index (χ0n) is 15.6. The number of allylic oxidation sites excluding steroid dienone is 1. The van der Waals surface area contributed by atoms with Gasteiger partial charge in [-0.25, -0.2) is 0 Å². The minimum absolute atomic E-state index is 0.0302. The van der Waals surface area contributed by atoms with E-state index in [0.29, 0.717) is 6.42 Å². The third-order valence-electron chi connectivity index (χ3n) is 5.15. The lowest BCUT2D eigenvalue weighted by molar-refractivity contribution is -0.668. The minimum Gasteiger partial charge on any atom is -0.454 e. The molecular weight excluding hydrogens is 310 g/mol. The van der Waals surface area contributed by atoms with Crippen molar-refractivity contribution in [2.75, 3.05) is 13.1 Å². The molecule has 0 radical (unpaired) electrons. The van der Waals surface area contributed by atoms with Crippen LogP contribution in [0.3, 0.4) is 0 Å². The van der Waals surface area contributed by atoms with E-state index < -0.39 is 5.60 Å². The van der Waals surface area contributed by atoms with Gasteiger partial charge in [0, 0.05) is 19.3 Å². The lowest BCUT2D eigenvalue weighted by Crippen LogP contribution is -2.87. The summed E-state index contributed by atoms with van der Waals surface area (Å²) in [6, 6.07) is 10.3. The highest BCUT2D eigenvalue weighted by Crippen LogP contribution is 2.34. The molecule has 1 fully saturated rings. The molecule has 1 saturated heterocycles. The fraction of sp³-hybridized carbons (Fsp3) is 0.591. The van der Waals surface area contributed by atoms with Crippen LogP contribution in [0.5, 0.6) is 0 Å². The molecule has 138 valence electrons. The molecule has 0 bridgehead atoms. The second-order valence-electron chi connectivity index (χ2n) is 7.15. The van der Waals surface area contributed by atoms with Crippen LogP contribution in [0.2, 0.25) is 0 Å². The Morgan fingerprint density at radius 2 is 1.68 bits per heavy atom. The van der Waals surface area contributed by atoms with Gasteiger partial charge in [-0.15, -0.1) is 6.58 Å². The monoisotopic (exact) mass is 344 g/mol. The molecular formula is C22H34NO2+. The highest BCUT2D eigenvalue weighted by atomic mass is 16.6. The Morgan fingerprint density at radius 3 is 2.36 bits per heavy atom. The van der Waals surface area contributed by atoms with Crippen LogP contribution in [0.15, 0.2) is 43.0 Å². The van der Waals surface area contributed by atoms with E-state index in [1.807, 2.05) is 24.3 Å². The van der Waals surface area contributed by atoms with E-state index in [1.54, 1.807) is 0 Å². The van der Waals surface area contributed by atoms with Gasteiger partial charge >= 0.3 is 5.97 Å². The number of hydrogen-bond acceptors (Lipinski definition) is 2. The van der Waals surface area contributed by atoms with E-state index in [2.05, 4.69) is 24.0 Å². The van der Waals surface area contributed by atoms with Crippen LogP contribution < -0.4 is 5.32 Å². The van der Waals surface area contributed by atoms with Crippen molar-refractivity contribution >= 4 is 5.97 Å². The quantitative estimate of drug-likeness (QED) is 0.373. The molecule has 1 aliphatic rings. The van der Waals surface area contributed by atoms with Crippen molar-refractivity contribution in [2.45, 2.75) is 69.8 Å². The van der Waals surface area contributed by atoms with Crippen molar-refractivity contribution in [1.29, 1.82) is 0 Å². The van der Waals surface area contributed by atoms with Crippen LogP contribution in [0.1, 0.15) is 69.8 Å². The van der Waals surface area contributed by atoms with Crippen LogP contribution in [-0.2, 0) is 15.1 Å². The highest BCUT2D eigenvalue weighted by molar-refractivity contribution is 5.70. The van der Waals surface area contributed by atoms with Gasteiger partial charge in [0.1, 0.15) is 5.60 Å². The SMILES string of the molecule is C=CCCCCCCCCC(=O)OC1(c2ccccc2)CC[NH2+]CC1. The van der Waals surface area contributed by atoms with E-state index in [-0.39, 0.29) is 5.97 Å². The summed E-state index contributed by atoms with van der Waals surface area (Å²) in [6.07, 6.45) is 12.5. The number of carbonyl (C=O) groups is 1. The Hall–Kier alpha value is -1.61. The van der Waals surface area contributed by atoms with Gasteiger partial charge in [-0.1, -0.05) is 62.1 Å². The summed E-state index contributed by atoms with van der Waals surface area (Å²) < 4.78 is 6.05. The van der Waals surface area contributed by atoms with E-state index >= 15 is 0 Å². The molecule has 0 saturated carbocycles. The number of esters is 1. The number of quaternary nitrogens is 1. The predicted molar refractivity (Wildman–Crippen MR) is 102 cm³/mol. The number of rotatable bonds is 11. The molecule has 1 aliphatic heterocycles. The predicted octanol–water partition coefficient (Wildman–Crippen LogP) is 4.09. The van der Waals surface area contributed by atoms with Gasteiger partial charge in [-0.2, -0.15) is 0 Å². The first-order valence-corrected chi connectivity index (χ1v) is 9.97. The smallest absolute Gasteiger partial charge is 0.306 e. The standard InChI is InChI=1S/C22H33NO2/c1-2-3-4-5-6-7-8-12-15-21(24)25-22(16-18-23-19-17-22)20-13-10-9-11-14-20/h2,9-11,13-14,23H,1,3-8,12,15-19H2/p+1. The van der Waals surface area contributed by atoms with Gasteiger partial charge in [0.15, 0.2) is 0 Å². The molecule has 0 unspecified atom stereocenters. The van der Waals surface area contributed by atoms with Crippen LogP contribution in [0.25, 0.3) is 0 Å². The van der Waals surface area contributed by atoms with Crippen molar-refractivity contribution in [3.05, 3.63) is 48.6 Å². The van der Waals surface area contributed by atoms with Crippen LogP contribution >= 0.6 is 0 Å². The fourth-order valence-corrected chi connectivity index (χ4v) is 3.67. The largest absolute Gasteiger partial charge is 0.454 e. The summed E-state index contributed by atoms with van der Waals surface area (Å²) in [5.74, 6) is -0.0302. The maximum atomic E-state index is 12.4. The van der Waals surface area contributed by atoms with Crippen LogP contribution in [0.4, 0.5) is 0 Å². The third kappa shape index (κ3) is 6.66. The molecule has 3 heteroatoms. The summed E-state index contributed by atoms with van der Waals surface area (Å²) in [5, 5.41) is 2.31. The number of nitrogens with two attached hydrogens (primary N) is 1. The number of unbranched alkanes of at least 4 members (excludes halogenated alkanes) is 6. The Labute approximate surface area is 152 Å². The number of benzene rings is 1. The number of ether oxygens (including phenoxy) is 1. The van der Waals surface area contributed by atoms with Crippen molar-refractivity contribution < 1.29 is 14.8 Å². The zero-order valence-corrected chi connectivity index (χ0v) is 15.6. The molecule has 2 rings (SSSR count). The first-order chi connectivity index (χ1) is 12.3. The molecule has 1 aromatic carbocycles. The highest BCUT2D eigenvalue weighted by Gasteiger charge is 2.39. The lowest BCUT2D eigenvalue weighted by atomic mass is 9.84. The van der Waals surface area contributed by atoms with Crippen molar-refractivity contribution in [3.63, 3.8) is 0 Å². The molecule has 1 heterocycles. The molecule has 0 atom stereocenters. The molecule has 0 aromatic heterocycles. The van der Waals surface area contributed by atoms with E-state index in [4.69, 9.17) is 4.74 Å². The first-order valence-electron chi connectivity index (χ1n) is 9.97. The van der Waals surface area contributed by atoms with E-state index in [0.717, 1.165) is 50.8 Å². The Kier molecular flexibility index (Phi) is 8.75. The Morgan fingerprint density at radius 1 is 1.04 bits per heavy atom.